The number of nitrogens with one attached hydrogen (secondary N) is 1. The van der Waals surface area contributed by atoms with E-state index in [0.717, 1.165) is 42.8 Å². The van der Waals surface area contributed by atoms with E-state index in [0.29, 0.717) is 24.7 Å². The predicted molar refractivity (Wildman–Crippen MR) is 105 cm³/mol. The third kappa shape index (κ3) is 3.73. The second kappa shape index (κ2) is 7.52. The van der Waals surface area contributed by atoms with Gasteiger partial charge < -0.3 is 14.4 Å². The van der Waals surface area contributed by atoms with Crippen molar-refractivity contribution in [1.29, 1.82) is 0 Å². The Morgan fingerprint density at radius 2 is 2.22 bits per heavy atom. The topological polar surface area (TPSA) is 70.1 Å². The number of carbonyl (C=O) groups is 1. The van der Waals surface area contributed by atoms with Crippen LogP contribution in [0.15, 0.2) is 36.7 Å². The van der Waals surface area contributed by atoms with Crippen molar-refractivity contribution in [2.45, 2.75) is 19.9 Å². The number of rotatable bonds is 6. The van der Waals surface area contributed by atoms with Crippen molar-refractivity contribution in [2.24, 2.45) is 5.92 Å². The summed E-state index contributed by atoms with van der Waals surface area (Å²) in [5.41, 5.74) is 3.42. The van der Waals surface area contributed by atoms with Crippen LogP contribution in [-0.2, 0) is 6.54 Å². The first-order valence-electron chi connectivity index (χ1n) is 9.56. The van der Waals surface area contributed by atoms with Crippen LogP contribution in [0.2, 0.25) is 0 Å². The monoisotopic (exact) mass is 366 g/mol. The lowest BCUT2D eigenvalue weighted by Crippen LogP contribution is -2.36. The molecule has 1 fully saturated rings. The summed E-state index contributed by atoms with van der Waals surface area (Å²) in [7, 11) is 2.14. The van der Waals surface area contributed by atoms with Crippen molar-refractivity contribution < 1.29 is 4.79 Å². The molecule has 142 valence electrons. The molecule has 0 saturated carbocycles. The first-order valence-corrected chi connectivity index (χ1v) is 9.56. The van der Waals surface area contributed by atoms with Gasteiger partial charge in [-0.1, -0.05) is 12.1 Å². The van der Waals surface area contributed by atoms with Gasteiger partial charge in [0.05, 0.1) is 29.6 Å². The van der Waals surface area contributed by atoms with Crippen molar-refractivity contribution in [1.82, 2.24) is 29.5 Å². The molecular weight excluding hydrogens is 340 g/mol. The van der Waals surface area contributed by atoms with Crippen molar-refractivity contribution in [3.05, 3.63) is 48.0 Å². The number of amides is 1. The van der Waals surface area contributed by atoms with Crippen LogP contribution in [0.4, 0.5) is 0 Å². The molecular formula is C20H26N6O. The van der Waals surface area contributed by atoms with Gasteiger partial charge in [0.1, 0.15) is 5.69 Å². The zero-order valence-corrected chi connectivity index (χ0v) is 15.9. The Hall–Kier alpha value is -2.67. The summed E-state index contributed by atoms with van der Waals surface area (Å²) in [5.74, 6) is 0.555. The molecule has 0 spiro atoms. The fraction of sp³-hybridized carbons (Fsp3) is 0.450. The van der Waals surface area contributed by atoms with Gasteiger partial charge in [-0.25, -0.2) is 4.98 Å². The predicted octanol–water partition coefficient (Wildman–Crippen LogP) is 2.22. The molecule has 1 amide bonds. The third-order valence-electron chi connectivity index (χ3n) is 5.35. The van der Waals surface area contributed by atoms with E-state index >= 15 is 0 Å². The Balaban J connectivity index is 1.45. The highest BCUT2D eigenvalue weighted by Gasteiger charge is 2.25. The molecule has 3 heterocycles. The Bertz CT molecular complexity index is 929. The summed E-state index contributed by atoms with van der Waals surface area (Å²) in [6.07, 6.45) is 2.97. The minimum atomic E-state index is 0.00467. The van der Waals surface area contributed by atoms with Crippen LogP contribution in [0.25, 0.3) is 11.0 Å². The highest BCUT2D eigenvalue weighted by Crippen LogP contribution is 2.18. The van der Waals surface area contributed by atoms with Crippen LogP contribution in [0, 0.1) is 5.92 Å². The molecule has 0 unspecified atom stereocenters. The van der Waals surface area contributed by atoms with Gasteiger partial charge in [0.25, 0.3) is 5.91 Å². The quantitative estimate of drug-likeness (QED) is 0.726. The summed E-state index contributed by atoms with van der Waals surface area (Å²) >= 11 is 0. The average molecular weight is 366 g/mol. The van der Waals surface area contributed by atoms with Crippen LogP contribution >= 0.6 is 0 Å². The molecule has 2 aromatic heterocycles. The van der Waals surface area contributed by atoms with Crippen LogP contribution in [0.1, 0.15) is 29.5 Å². The smallest absolute Gasteiger partial charge is 0.274 e. The molecule has 1 N–H and O–H groups in total. The van der Waals surface area contributed by atoms with E-state index in [1.165, 1.54) is 0 Å². The average Bonchev–Trinajstić information content (AvgIpc) is 3.40. The summed E-state index contributed by atoms with van der Waals surface area (Å²) in [4.78, 5) is 21.5. The molecule has 1 aromatic carbocycles. The van der Waals surface area contributed by atoms with Gasteiger partial charge in [0.15, 0.2) is 0 Å². The number of aromatic nitrogens is 4. The molecule has 7 heteroatoms. The fourth-order valence-corrected chi connectivity index (χ4v) is 3.88. The zero-order valence-electron chi connectivity index (χ0n) is 15.9. The molecule has 4 rings (SSSR count). The van der Waals surface area contributed by atoms with Crippen molar-refractivity contribution in [3.63, 3.8) is 0 Å². The number of nitrogens with zero attached hydrogens (tertiary/aromatic N) is 5. The fourth-order valence-electron chi connectivity index (χ4n) is 3.88. The number of aromatic amines is 1. The van der Waals surface area contributed by atoms with Crippen LogP contribution in [0.3, 0.4) is 0 Å². The minimum Gasteiger partial charge on any atom is -0.337 e. The second-order valence-corrected chi connectivity index (χ2v) is 7.40. The van der Waals surface area contributed by atoms with Crippen LogP contribution in [-0.4, -0.2) is 68.7 Å². The van der Waals surface area contributed by atoms with Gasteiger partial charge in [-0.2, -0.15) is 5.10 Å². The maximum atomic E-state index is 12.9. The van der Waals surface area contributed by atoms with Crippen molar-refractivity contribution >= 4 is 16.9 Å². The van der Waals surface area contributed by atoms with E-state index in [1.807, 2.05) is 48.5 Å². The largest absolute Gasteiger partial charge is 0.337 e. The zero-order chi connectivity index (χ0) is 18.8. The normalized spacial score (nSPS) is 17.6. The number of fused-ring (bicyclic) bond motifs is 1. The minimum absolute atomic E-state index is 0.00467. The highest BCUT2D eigenvalue weighted by molar-refractivity contribution is 5.92. The SMILES string of the molecule is CCN(C[C@H]1CCN(C)C1)C(=O)c1cc(Cn2cnc3ccccc32)[nH]n1. The summed E-state index contributed by atoms with van der Waals surface area (Å²) in [5, 5.41) is 7.29. The molecule has 1 atom stereocenters. The van der Waals surface area contributed by atoms with Gasteiger partial charge in [-0.05, 0) is 51.1 Å². The highest BCUT2D eigenvalue weighted by atomic mass is 16.2. The van der Waals surface area contributed by atoms with Crippen LogP contribution in [0.5, 0.6) is 0 Å². The number of H-pyrrole nitrogens is 1. The van der Waals surface area contributed by atoms with E-state index in [2.05, 4.69) is 31.7 Å². The molecule has 1 saturated heterocycles. The van der Waals surface area contributed by atoms with E-state index in [9.17, 15) is 4.79 Å². The van der Waals surface area contributed by atoms with E-state index in [-0.39, 0.29) is 5.91 Å². The maximum Gasteiger partial charge on any atom is 0.274 e. The first kappa shape index (κ1) is 17.7. The van der Waals surface area contributed by atoms with E-state index in [4.69, 9.17) is 0 Å². The number of hydrogen-bond donors (Lipinski definition) is 1. The number of para-hydroxylation sites is 2. The molecule has 0 aliphatic carbocycles. The van der Waals surface area contributed by atoms with Gasteiger partial charge >= 0.3 is 0 Å². The lowest BCUT2D eigenvalue weighted by atomic mass is 10.1. The van der Waals surface area contributed by atoms with Crippen LogP contribution < -0.4 is 0 Å². The Morgan fingerprint density at radius 1 is 1.37 bits per heavy atom. The number of hydrogen-bond acceptors (Lipinski definition) is 4. The summed E-state index contributed by atoms with van der Waals surface area (Å²) in [6, 6.07) is 9.88. The molecule has 1 aliphatic heterocycles. The second-order valence-electron chi connectivity index (χ2n) is 7.40. The Morgan fingerprint density at radius 3 is 3.00 bits per heavy atom. The lowest BCUT2D eigenvalue weighted by molar-refractivity contribution is 0.0734. The number of carbonyl (C=O) groups excluding carboxylic acids is 1. The first-order chi connectivity index (χ1) is 13.1. The van der Waals surface area contributed by atoms with Gasteiger partial charge in [-0.15, -0.1) is 0 Å². The number of likely N-dealkylation sites (tertiary alicyclic amines) is 1. The Kier molecular flexibility index (Phi) is 4.94. The molecule has 1 aliphatic rings. The summed E-state index contributed by atoms with van der Waals surface area (Å²) < 4.78 is 2.06. The molecule has 0 bridgehead atoms. The van der Waals surface area contributed by atoms with Crippen molar-refractivity contribution in [2.75, 3.05) is 33.2 Å². The summed E-state index contributed by atoms with van der Waals surface area (Å²) in [6.45, 7) is 6.31. The standard InChI is InChI=1S/C20H26N6O/c1-3-25(12-15-8-9-24(2)11-15)20(27)18-10-16(22-23-18)13-26-14-21-17-6-4-5-7-19(17)26/h4-7,10,14-15H,3,8-9,11-13H2,1-2H3,(H,22,23)/t15-/m0/s1. The van der Waals surface area contributed by atoms with E-state index < -0.39 is 0 Å². The van der Waals surface area contributed by atoms with Gasteiger partial charge in [0, 0.05) is 19.6 Å². The number of benzene rings is 1. The van der Waals surface area contributed by atoms with Gasteiger partial charge in [-0.3, -0.25) is 9.89 Å². The third-order valence-corrected chi connectivity index (χ3v) is 5.35. The lowest BCUT2D eigenvalue weighted by Gasteiger charge is -2.23. The molecule has 7 nitrogen and oxygen atoms in total. The van der Waals surface area contributed by atoms with Crippen molar-refractivity contribution in [3.8, 4) is 0 Å². The molecule has 27 heavy (non-hydrogen) atoms. The maximum absolute atomic E-state index is 12.9. The Labute approximate surface area is 159 Å². The van der Waals surface area contributed by atoms with E-state index in [1.54, 1.807) is 0 Å². The molecule has 0 radical (unpaired) electrons. The number of imidazole rings is 1. The molecule has 3 aromatic rings. The van der Waals surface area contributed by atoms with Gasteiger partial charge in [0.2, 0.25) is 0 Å².